The largest absolute Gasteiger partial charge is 0.400 e. The second-order valence-corrected chi connectivity index (χ2v) is 10.8. The highest BCUT2D eigenvalue weighted by atomic mass is 35.5. The van der Waals surface area contributed by atoms with Crippen LogP contribution in [0.1, 0.15) is 50.0 Å². The maximum absolute atomic E-state index is 12.6. The number of aliphatic hydroxyl groups excluding tert-OH is 1. The van der Waals surface area contributed by atoms with Gasteiger partial charge in [-0.2, -0.15) is 0 Å². The molecule has 210 valence electrons. The topological polar surface area (TPSA) is 89.9 Å². The molecule has 0 aromatic heterocycles. The predicted octanol–water partition coefficient (Wildman–Crippen LogP) is 7.04. The van der Waals surface area contributed by atoms with E-state index in [1.807, 2.05) is 74.5 Å². The molecule has 2 aromatic carbocycles. The summed E-state index contributed by atoms with van der Waals surface area (Å²) in [6.45, 7) is 9.59. The van der Waals surface area contributed by atoms with Gasteiger partial charge < -0.3 is 19.9 Å². The quantitative estimate of drug-likeness (QED) is 0.132. The van der Waals surface area contributed by atoms with Crippen LogP contribution in [0.5, 0.6) is 0 Å². The summed E-state index contributed by atoms with van der Waals surface area (Å²) in [5.41, 5.74) is 3.81. The minimum absolute atomic E-state index is 0.0431. The molecule has 0 bridgehead atoms. The second kappa shape index (κ2) is 15.9. The Hall–Kier alpha value is -2.49. The Labute approximate surface area is 245 Å². The fraction of sp³-hybridized carbons (Fsp3) is 0.333. The molecule has 2 aliphatic heterocycles. The Morgan fingerprint density at radius 3 is 2.49 bits per heavy atom. The minimum Gasteiger partial charge on any atom is -0.400 e. The Kier molecular flexibility index (Phi) is 13.4. The lowest BCUT2D eigenvalue weighted by atomic mass is 9.83. The highest BCUT2D eigenvalue weighted by molar-refractivity contribution is 8.04. The average Bonchev–Trinajstić information content (AvgIpc) is 3.40. The number of alkyl halides is 1. The van der Waals surface area contributed by atoms with Gasteiger partial charge in [-0.25, -0.2) is 0 Å². The Morgan fingerprint density at radius 2 is 1.82 bits per heavy atom. The van der Waals surface area contributed by atoms with Crippen LogP contribution >= 0.6 is 35.4 Å². The van der Waals surface area contributed by atoms with Gasteiger partial charge >= 0.3 is 0 Å². The molecule has 0 saturated heterocycles. The zero-order valence-electron chi connectivity index (χ0n) is 23.0. The Bertz CT molecular complexity index is 1240. The summed E-state index contributed by atoms with van der Waals surface area (Å²) in [5, 5.41) is 9.82. The maximum Gasteiger partial charge on any atom is 0.234 e. The number of ketones is 1. The minimum atomic E-state index is -0.286. The predicted molar refractivity (Wildman–Crippen MR) is 165 cm³/mol. The lowest BCUT2D eigenvalue weighted by Crippen LogP contribution is -2.31. The third kappa shape index (κ3) is 7.80. The van der Waals surface area contributed by atoms with Gasteiger partial charge in [-0.3, -0.25) is 9.59 Å². The summed E-state index contributed by atoms with van der Waals surface area (Å²) in [6.07, 6.45) is 8.58. The molecule has 2 aromatic rings. The van der Waals surface area contributed by atoms with Crippen molar-refractivity contribution < 1.29 is 19.2 Å². The van der Waals surface area contributed by atoms with Crippen molar-refractivity contribution in [2.24, 2.45) is 0 Å². The van der Waals surface area contributed by atoms with Crippen LogP contribution < -0.4 is 10.2 Å². The summed E-state index contributed by atoms with van der Waals surface area (Å²) in [6, 6.07) is 13.6. The van der Waals surface area contributed by atoms with Gasteiger partial charge in [-0.05, 0) is 54.5 Å². The van der Waals surface area contributed by atoms with Crippen LogP contribution in [0.2, 0.25) is 0 Å². The first-order valence-electron chi connectivity index (χ1n) is 12.8. The molecule has 2 heterocycles. The number of halogens is 1. The van der Waals surface area contributed by atoms with Crippen molar-refractivity contribution >= 4 is 52.8 Å². The van der Waals surface area contributed by atoms with Gasteiger partial charge in [-0.15, -0.1) is 11.6 Å². The third-order valence-corrected chi connectivity index (χ3v) is 7.98. The molecule has 0 radical (unpaired) electrons. The van der Waals surface area contributed by atoms with Crippen LogP contribution in [0.4, 0.5) is 5.69 Å². The van der Waals surface area contributed by atoms with Crippen molar-refractivity contribution in [2.45, 2.75) is 49.3 Å². The molecule has 1 amide bonds. The molecule has 3 N–H and O–H groups in total. The molecule has 0 unspecified atom stereocenters. The number of amides is 1. The molecule has 39 heavy (non-hydrogen) atoms. The van der Waals surface area contributed by atoms with Crippen LogP contribution in [0.3, 0.4) is 0 Å². The molecule has 0 atom stereocenters. The molecule has 9 heteroatoms. The summed E-state index contributed by atoms with van der Waals surface area (Å²) in [4.78, 5) is 28.9. The number of carbonyl (C=O) groups is 2. The van der Waals surface area contributed by atoms with E-state index in [-0.39, 0.29) is 23.0 Å². The molecular formula is C30H37ClN2O4S2. The molecule has 0 aliphatic carbocycles. The van der Waals surface area contributed by atoms with Gasteiger partial charge in [0.15, 0.2) is 0 Å². The summed E-state index contributed by atoms with van der Waals surface area (Å²) < 4.78 is 9.57. The van der Waals surface area contributed by atoms with Crippen LogP contribution in [0, 0.1) is 0 Å². The van der Waals surface area contributed by atoms with E-state index in [9.17, 15) is 14.1 Å². The highest BCUT2D eigenvalue weighted by Crippen LogP contribution is 2.48. The fourth-order valence-corrected chi connectivity index (χ4v) is 5.80. The molecular weight excluding hydrogens is 552 g/mol. The van der Waals surface area contributed by atoms with Crippen molar-refractivity contribution in [1.82, 2.24) is 5.32 Å². The molecule has 4 rings (SSSR count). The van der Waals surface area contributed by atoms with Crippen LogP contribution in [-0.2, 0) is 10.2 Å². The smallest absolute Gasteiger partial charge is 0.234 e. The summed E-state index contributed by atoms with van der Waals surface area (Å²) >= 11 is 7.82. The number of thioether (sulfide) groups is 1. The van der Waals surface area contributed by atoms with Crippen molar-refractivity contribution in [3.63, 3.8) is 0 Å². The van der Waals surface area contributed by atoms with Crippen LogP contribution in [-0.4, -0.2) is 47.4 Å². The number of benzene rings is 2. The number of anilines is 1. The van der Waals surface area contributed by atoms with E-state index in [1.54, 1.807) is 0 Å². The fourth-order valence-electron chi connectivity index (χ4n) is 4.40. The standard InChI is InChI=1S/C27H27ClN2O3S2.C2H6.CH4O/c1-27(2)20-16-18(35-33)12-13-21(20)30(15-7-14-29-25(31)17-28)24(27)11-6-5-10-23-26(32)19-8-3-4-9-22(19)34-23;2*1-2/h3-6,8-13,16,33H,7,14-15,17H2,1-2H3,(H,29,31);1-2H3;2H,1H3/b6-5+,23-10-,24-11+;;. The number of rotatable bonds is 8. The van der Waals surface area contributed by atoms with Gasteiger partial charge in [0, 0.05) is 64.4 Å². The van der Waals surface area contributed by atoms with E-state index >= 15 is 0 Å². The van der Waals surface area contributed by atoms with Crippen molar-refractivity contribution in [3.8, 4) is 0 Å². The van der Waals surface area contributed by atoms with Crippen LogP contribution in [0.15, 0.2) is 87.2 Å². The lowest BCUT2D eigenvalue weighted by molar-refractivity contribution is -0.118. The van der Waals surface area contributed by atoms with Gasteiger partial charge in [-0.1, -0.05) is 63.7 Å². The van der Waals surface area contributed by atoms with E-state index in [4.69, 9.17) is 16.7 Å². The van der Waals surface area contributed by atoms with E-state index in [1.165, 1.54) is 11.8 Å². The number of Topliss-reactive ketones (excluding diaryl/α,β-unsaturated/α-hetero) is 1. The van der Waals surface area contributed by atoms with Gasteiger partial charge in [0.25, 0.3) is 0 Å². The molecule has 0 saturated carbocycles. The molecule has 2 aliphatic rings. The number of fused-ring (bicyclic) bond motifs is 2. The van der Waals surface area contributed by atoms with E-state index in [0.29, 0.717) is 11.4 Å². The number of carbonyl (C=O) groups excluding carboxylic acids is 2. The van der Waals surface area contributed by atoms with Crippen LogP contribution in [0.25, 0.3) is 0 Å². The van der Waals surface area contributed by atoms with Crippen molar-refractivity contribution in [3.05, 3.63) is 88.5 Å². The molecule has 0 fully saturated rings. The van der Waals surface area contributed by atoms with Gasteiger partial charge in [0.2, 0.25) is 11.7 Å². The summed E-state index contributed by atoms with van der Waals surface area (Å²) in [7, 11) is 1.00. The van der Waals surface area contributed by atoms with E-state index in [2.05, 4.69) is 30.1 Å². The molecule has 6 nitrogen and oxygen atoms in total. The number of hydrogen-bond donors (Lipinski definition) is 3. The van der Waals surface area contributed by atoms with Gasteiger partial charge in [0.1, 0.15) is 5.88 Å². The number of hydrogen-bond acceptors (Lipinski definition) is 7. The SMILES string of the molecule is CC.CC1(C)\C(=C/C=C/C=C2\Sc3ccccc3C2=O)N(CCCNC(=O)CCl)c2ccc(SO)cc21.CO. The second-order valence-electron chi connectivity index (χ2n) is 8.78. The lowest BCUT2D eigenvalue weighted by Gasteiger charge is -2.27. The highest BCUT2D eigenvalue weighted by Gasteiger charge is 2.39. The first-order valence-corrected chi connectivity index (χ1v) is 14.9. The first-order chi connectivity index (χ1) is 18.9. The maximum atomic E-state index is 12.6. The first kappa shape index (κ1) is 32.7. The Balaban J connectivity index is 0.00000127. The number of allylic oxidation sites excluding steroid dienone is 6. The van der Waals surface area contributed by atoms with E-state index < -0.39 is 0 Å². The average molecular weight is 589 g/mol. The zero-order valence-corrected chi connectivity index (χ0v) is 25.4. The molecule has 0 spiro atoms. The van der Waals surface area contributed by atoms with Crippen molar-refractivity contribution in [1.29, 1.82) is 0 Å². The number of aliphatic hydroxyl groups is 1. The third-order valence-electron chi connectivity index (χ3n) is 6.16. The van der Waals surface area contributed by atoms with E-state index in [0.717, 1.165) is 64.4 Å². The number of nitrogens with one attached hydrogen (secondary N) is 1. The monoisotopic (exact) mass is 588 g/mol. The normalized spacial score (nSPS) is 16.9. The van der Waals surface area contributed by atoms with Crippen molar-refractivity contribution in [2.75, 3.05) is 31.0 Å². The number of nitrogens with zero attached hydrogens (tertiary/aromatic N) is 1. The summed E-state index contributed by atoms with van der Waals surface area (Å²) in [5.74, 6) is -0.156. The van der Waals surface area contributed by atoms with Gasteiger partial charge in [0.05, 0.1) is 4.91 Å². The zero-order chi connectivity index (χ0) is 29.0. The Morgan fingerprint density at radius 1 is 1.13 bits per heavy atom.